The minimum Gasteiger partial charge on any atom is -0.352 e. The Morgan fingerprint density at radius 2 is 2.15 bits per heavy atom. The van der Waals surface area contributed by atoms with E-state index in [2.05, 4.69) is 11.9 Å². The molecule has 1 amide bonds. The third-order valence-corrected chi connectivity index (χ3v) is 3.45. The average molecular weight is 205 g/mol. The summed E-state index contributed by atoms with van der Waals surface area (Å²) in [6.45, 7) is 4.30. The first-order valence-corrected chi connectivity index (χ1v) is 5.67. The van der Waals surface area contributed by atoms with Crippen LogP contribution in [0.1, 0.15) is 0 Å². The summed E-state index contributed by atoms with van der Waals surface area (Å²) in [5.41, 5.74) is 0. The Balaban J connectivity index is 2.22. The summed E-state index contributed by atoms with van der Waals surface area (Å²) in [5.74, 6) is -0.286. The Morgan fingerprint density at radius 3 is 2.69 bits per heavy atom. The minimum absolute atomic E-state index is 0.215. The normalized spacial score (nSPS) is 19.7. The van der Waals surface area contributed by atoms with E-state index in [4.69, 9.17) is 9.05 Å². The SMILES string of the molecule is C=CC(=O)NCCP1(=O)OCCO1. The van der Waals surface area contributed by atoms with Crippen LogP contribution >= 0.6 is 7.60 Å². The molecular formula is C7H12NO4P. The summed E-state index contributed by atoms with van der Waals surface area (Å²) in [5, 5.41) is 2.50. The lowest BCUT2D eigenvalue weighted by atomic mass is 10.6. The standard InChI is InChI=1S/C7H12NO4P/c1-2-7(9)8-3-6-13(10)11-4-5-12-13/h2H,1,3-6H2,(H,8,9). The van der Waals surface area contributed by atoms with Crippen molar-refractivity contribution in [2.45, 2.75) is 0 Å². The van der Waals surface area contributed by atoms with Gasteiger partial charge in [0.05, 0.1) is 19.4 Å². The second-order valence-corrected chi connectivity index (χ2v) is 4.68. The topological polar surface area (TPSA) is 64.6 Å². The van der Waals surface area contributed by atoms with Crippen molar-refractivity contribution in [3.8, 4) is 0 Å². The third-order valence-electron chi connectivity index (χ3n) is 1.53. The van der Waals surface area contributed by atoms with Crippen LogP contribution in [-0.2, 0) is 18.4 Å². The average Bonchev–Trinajstić information content (AvgIpc) is 2.52. The molecule has 1 saturated heterocycles. The maximum Gasteiger partial charge on any atom is 0.332 e. The molecule has 1 N–H and O–H groups in total. The molecule has 0 aromatic carbocycles. The fourth-order valence-electron chi connectivity index (χ4n) is 0.907. The molecule has 6 heteroatoms. The van der Waals surface area contributed by atoms with Crippen molar-refractivity contribution < 1.29 is 18.4 Å². The number of hydrogen-bond acceptors (Lipinski definition) is 4. The molecule has 0 bridgehead atoms. The maximum absolute atomic E-state index is 11.5. The van der Waals surface area contributed by atoms with E-state index in [1.54, 1.807) is 0 Å². The highest BCUT2D eigenvalue weighted by Gasteiger charge is 2.29. The zero-order chi connectivity index (χ0) is 9.73. The Morgan fingerprint density at radius 1 is 1.54 bits per heavy atom. The molecule has 1 rings (SSSR count). The van der Waals surface area contributed by atoms with Gasteiger partial charge in [-0.15, -0.1) is 0 Å². The van der Waals surface area contributed by atoms with Gasteiger partial charge < -0.3 is 14.4 Å². The van der Waals surface area contributed by atoms with Crippen LogP contribution in [0.5, 0.6) is 0 Å². The lowest BCUT2D eigenvalue weighted by molar-refractivity contribution is -0.116. The number of rotatable bonds is 4. The van der Waals surface area contributed by atoms with Crippen LogP contribution in [0, 0.1) is 0 Å². The summed E-state index contributed by atoms with van der Waals surface area (Å²) < 4.78 is 21.3. The summed E-state index contributed by atoms with van der Waals surface area (Å²) in [6.07, 6.45) is 1.37. The van der Waals surface area contributed by atoms with Crippen molar-refractivity contribution >= 4 is 13.5 Å². The molecule has 1 heterocycles. The largest absolute Gasteiger partial charge is 0.352 e. The van der Waals surface area contributed by atoms with E-state index in [1.165, 1.54) is 0 Å². The fourth-order valence-corrected chi connectivity index (χ4v) is 2.33. The molecule has 1 aliphatic rings. The van der Waals surface area contributed by atoms with Crippen molar-refractivity contribution in [2.75, 3.05) is 25.9 Å². The smallest absolute Gasteiger partial charge is 0.332 e. The van der Waals surface area contributed by atoms with Gasteiger partial charge in [-0.3, -0.25) is 9.36 Å². The number of hydrogen-bond donors (Lipinski definition) is 1. The summed E-state index contributed by atoms with van der Waals surface area (Å²) in [6, 6.07) is 0. The number of carbonyl (C=O) groups is 1. The minimum atomic E-state index is -2.89. The van der Waals surface area contributed by atoms with E-state index >= 15 is 0 Å². The van der Waals surface area contributed by atoms with Crippen LogP contribution in [0.4, 0.5) is 0 Å². The quantitative estimate of drug-likeness (QED) is 0.537. The zero-order valence-electron chi connectivity index (χ0n) is 7.19. The molecule has 0 aliphatic carbocycles. The van der Waals surface area contributed by atoms with Crippen molar-refractivity contribution in [3.05, 3.63) is 12.7 Å². The highest BCUT2D eigenvalue weighted by molar-refractivity contribution is 7.54. The van der Waals surface area contributed by atoms with Gasteiger partial charge in [-0.25, -0.2) is 0 Å². The summed E-state index contributed by atoms with van der Waals surface area (Å²) in [7, 11) is -2.89. The Labute approximate surface area is 76.6 Å². The van der Waals surface area contributed by atoms with E-state index < -0.39 is 7.60 Å². The van der Waals surface area contributed by atoms with Crippen LogP contribution in [0.3, 0.4) is 0 Å². The fraction of sp³-hybridized carbons (Fsp3) is 0.571. The first-order chi connectivity index (χ1) is 6.16. The Hall–Kier alpha value is -0.640. The zero-order valence-corrected chi connectivity index (χ0v) is 8.09. The number of carbonyl (C=O) groups excluding carboxylic acids is 1. The maximum atomic E-state index is 11.5. The van der Waals surface area contributed by atoms with Crippen molar-refractivity contribution in [3.63, 3.8) is 0 Å². The van der Waals surface area contributed by atoms with E-state index in [9.17, 15) is 9.36 Å². The molecule has 0 radical (unpaired) electrons. The van der Waals surface area contributed by atoms with E-state index in [0.29, 0.717) is 13.2 Å². The predicted molar refractivity (Wildman–Crippen MR) is 47.6 cm³/mol. The van der Waals surface area contributed by atoms with Gasteiger partial charge in [0.1, 0.15) is 0 Å². The molecule has 74 valence electrons. The molecule has 1 fully saturated rings. The van der Waals surface area contributed by atoms with Gasteiger partial charge in [-0.1, -0.05) is 6.58 Å². The van der Waals surface area contributed by atoms with Gasteiger partial charge in [0.15, 0.2) is 0 Å². The molecule has 0 atom stereocenters. The second-order valence-electron chi connectivity index (χ2n) is 2.50. The number of amides is 1. The van der Waals surface area contributed by atoms with Crippen molar-refractivity contribution in [1.29, 1.82) is 0 Å². The molecular weight excluding hydrogens is 193 g/mol. The Bertz CT molecular complexity index is 243. The molecule has 0 unspecified atom stereocenters. The molecule has 0 aromatic heterocycles. The van der Waals surface area contributed by atoms with Gasteiger partial charge in [0.2, 0.25) is 5.91 Å². The van der Waals surface area contributed by atoms with E-state index in [1.807, 2.05) is 0 Å². The molecule has 0 spiro atoms. The highest BCUT2D eigenvalue weighted by atomic mass is 31.2. The first-order valence-electron chi connectivity index (χ1n) is 3.95. The van der Waals surface area contributed by atoms with Gasteiger partial charge in [-0.05, 0) is 6.08 Å². The summed E-state index contributed by atoms with van der Waals surface area (Å²) >= 11 is 0. The van der Waals surface area contributed by atoms with E-state index in [0.717, 1.165) is 6.08 Å². The molecule has 1 aliphatic heterocycles. The molecule has 0 saturated carbocycles. The van der Waals surface area contributed by atoms with Crippen molar-refractivity contribution in [1.82, 2.24) is 5.32 Å². The highest BCUT2D eigenvalue weighted by Crippen LogP contribution is 2.50. The van der Waals surface area contributed by atoms with Crippen LogP contribution in [-0.4, -0.2) is 31.8 Å². The molecule has 13 heavy (non-hydrogen) atoms. The van der Waals surface area contributed by atoms with E-state index in [-0.39, 0.29) is 18.6 Å². The van der Waals surface area contributed by atoms with Crippen LogP contribution in [0.25, 0.3) is 0 Å². The second kappa shape index (κ2) is 4.56. The predicted octanol–water partition coefficient (Wildman–Crippen LogP) is 0.528. The van der Waals surface area contributed by atoms with Gasteiger partial charge in [0.25, 0.3) is 0 Å². The van der Waals surface area contributed by atoms with Crippen LogP contribution < -0.4 is 5.32 Å². The van der Waals surface area contributed by atoms with Gasteiger partial charge in [0, 0.05) is 6.54 Å². The molecule has 0 aromatic rings. The first kappa shape index (κ1) is 10.4. The van der Waals surface area contributed by atoms with Gasteiger partial charge >= 0.3 is 7.60 Å². The van der Waals surface area contributed by atoms with Crippen LogP contribution in [0.2, 0.25) is 0 Å². The van der Waals surface area contributed by atoms with Gasteiger partial charge in [-0.2, -0.15) is 0 Å². The lowest BCUT2D eigenvalue weighted by Crippen LogP contribution is -2.24. The lowest BCUT2D eigenvalue weighted by Gasteiger charge is -2.08. The molecule has 5 nitrogen and oxygen atoms in total. The third kappa shape index (κ3) is 3.30. The van der Waals surface area contributed by atoms with Crippen LogP contribution in [0.15, 0.2) is 12.7 Å². The Kier molecular flexibility index (Phi) is 3.66. The monoisotopic (exact) mass is 205 g/mol. The number of nitrogens with one attached hydrogen (secondary N) is 1. The summed E-state index contributed by atoms with van der Waals surface area (Å²) in [4.78, 5) is 10.7. The van der Waals surface area contributed by atoms with Crippen molar-refractivity contribution in [2.24, 2.45) is 0 Å².